The Labute approximate surface area is 184 Å². The number of carbonyl (C=O) groups excluding carboxylic acids is 2. The number of aryl methyl sites for hydroxylation is 1. The fourth-order valence-corrected chi connectivity index (χ4v) is 3.94. The minimum Gasteiger partial charge on any atom is -0.463 e. The first-order valence-corrected chi connectivity index (χ1v) is 11.1. The number of carbonyl (C=O) groups is 2. The van der Waals surface area contributed by atoms with Crippen LogP contribution in [0.4, 0.5) is 10.6 Å². The Morgan fingerprint density at radius 1 is 1.23 bits per heavy atom. The third-order valence-electron chi connectivity index (χ3n) is 5.60. The van der Waals surface area contributed by atoms with Crippen molar-refractivity contribution in [2.24, 2.45) is 0 Å². The van der Waals surface area contributed by atoms with E-state index in [4.69, 9.17) is 9.72 Å². The predicted molar refractivity (Wildman–Crippen MR) is 119 cm³/mol. The summed E-state index contributed by atoms with van der Waals surface area (Å²) in [7, 11) is 0. The van der Waals surface area contributed by atoms with Gasteiger partial charge in [-0.2, -0.15) is 0 Å². The highest BCUT2D eigenvalue weighted by Crippen LogP contribution is 2.21. The van der Waals surface area contributed by atoms with E-state index in [1.165, 1.54) is 0 Å². The molecule has 0 aromatic carbocycles. The summed E-state index contributed by atoms with van der Waals surface area (Å²) in [5.41, 5.74) is 2.14. The van der Waals surface area contributed by atoms with E-state index < -0.39 is 0 Å². The van der Waals surface area contributed by atoms with Crippen LogP contribution in [0.2, 0.25) is 0 Å². The molecule has 0 saturated carbocycles. The van der Waals surface area contributed by atoms with Crippen LogP contribution in [0.25, 0.3) is 0 Å². The Kier molecular flexibility index (Phi) is 7.48. The van der Waals surface area contributed by atoms with Crippen molar-refractivity contribution in [1.82, 2.24) is 25.5 Å². The average molecular weight is 431 g/mol. The van der Waals surface area contributed by atoms with Gasteiger partial charge in [0.25, 0.3) is 0 Å². The third kappa shape index (κ3) is 5.52. The van der Waals surface area contributed by atoms with Crippen molar-refractivity contribution in [3.8, 4) is 0 Å². The molecule has 1 aromatic heterocycles. The second-order valence-corrected chi connectivity index (χ2v) is 8.32. The highest BCUT2D eigenvalue weighted by Gasteiger charge is 2.32. The first kappa shape index (κ1) is 23.0. The highest BCUT2D eigenvalue weighted by molar-refractivity contribution is 5.94. The van der Waals surface area contributed by atoms with Crippen LogP contribution in [-0.2, 0) is 9.53 Å². The van der Waals surface area contributed by atoms with Crippen LogP contribution in [0, 0.1) is 6.92 Å². The summed E-state index contributed by atoms with van der Waals surface area (Å²) in [6, 6.07) is 1.43. The summed E-state index contributed by atoms with van der Waals surface area (Å²) in [5, 5.41) is 5.66. The predicted octanol–water partition coefficient (Wildman–Crippen LogP) is 1.94. The van der Waals surface area contributed by atoms with Gasteiger partial charge in [0.15, 0.2) is 0 Å². The maximum atomic E-state index is 12.6. The number of ether oxygens (including phenoxy) is 1. The molecular weight excluding hydrogens is 396 g/mol. The van der Waals surface area contributed by atoms with Crippen molar-refractivity contribution in [2.75, 3.05) is 44.2 Å². The van der Waals surface area contributed by atoms with Gasteiger partial charge >= 0.3 is 12.0 Å². The molecule has 0 radical (unpaired) electrons. The summed E-state index contributed by atoms with van der Waals surface area (Å²) < 4.78 is 5.26. The number of urea groups is 1. The molecule has 3 heterocycles. The zero-order chi connectivity index (χ0) is 22.5. The summed E-state index contributed by atoms with van der Waals surface area (Å²) in [4.78, 5) is 38.5. The van der Waals surface area contributed by atoms with E-state index in [0.29, 0.717) is 30.8 Å². The lowest BCUT2D eigenvalue weighted by Gasteiger charge is -2.37. The van der Waals surface area contributed by atoms with Gasteiger partial charge in [0.2, 0.25) is 0 Å². The molecule has 2 aliphatic heterocycles. The molecule has 0 unspecified atom stereocenters. The molecule has 2 aliphatic rings. The number of nitrogens with one attached hydrogen (secondary N) is 2. The molecule has 0 bridgehead atoms. The van der Waals surface area contributed by atoms with Crippen molar-refractivity contribution in [3.63, 3.8) is 0 Å². The molecule has 1 atom stereocenters. The van der Waals surface area contributed by atoms with E-state index in [1.807, 2.05) is 19.9 Å². The van der Waals surface area contributed by atoms with Crippen LogP contribution < -0.4 is 15.5 Å². The van der Waals surface area contributed by atoms with Crippen LogP contribution in [0.3, 0.4) is 0 Å². The molecule has 2 N–H and O–H groups in total. The van der Waals surface area contributed by atoms with Crippen LogP contribution in [0.15, 0.2) is 17.3 Å². The minimum atomic E-state index is -0.367. The Bertz CT molecular complexity index is 846. The Morgan fingerprint density at radius 2 is 1.94 bits per heavy atom. The van der Waals surface area contributed by atoms with E-state index in [9.17, 15) is 9.59 Å². The van der Waals surface area contributed by atoms with Gasteiger partial charge in [0.1, 0.15) is 11.6 Å². The van der Waals surface area contributed by atoms with Gasteiger partial charge in [-0.1, -0.05) is 20.8 Å². The lowest BCUT2D eigenvalue weighted by atomic mass is 10.00. The molecule has 1 fully saturated rings. The lowest BCUT2D eigenvalue weighted by molar-refractivity contribution is -0.139. The molecule has 2 amide bonds. The standard InChI is InChI=1S/C22H34N6O3/c1-6-16-19(21(29)31-7-2)17(25-22(30)24-16)13-27-8-10-28(11-9-27)18-12-15(5)23-20(26-18)14(3)4/h12,14,16H,6-11,13H2,1-5H3,(H2,24,25,30)/t16-/m1/s1. The van der Waals surface area contributed by atoms with E-state index in [2.05, 4.69) is 39.3 Å². The van der Waals surface area contributed by atoms with Gasteiger partial charge in [-0.25, -0.2) is 19.6 Å². The molecule has 31 heavy (non-hydrogen) atoms. The molecular formula is C22H34N6O3. The normalized spacial score (nSPS) is 20.0. The SMILES string of the molecule is CCOC(=O)C1=C(CN2CCN(c3cc(C)nc(C(C)C)n3)CC2)NC(=O)N[C@@H]1CC. The average Bonchev–Trinajstić information content (AvgIpc) is 2.73. The zero-order valence-corrected chi connectivity index (χ0v) is 19.2. The molecule has 170 valence electrons. The number of esters is 1. The van der Waals surface area contributed by atoms with E-state index in [1.54, 1.807) is 6.92 Å². The quantitative estimate of drug-likeness (QED) is 0.638. The van der Waals surface area contributed by atoms with Crippen LogP contribution in [0.1, 0.15) is 51.6 Å². The number of piperazine rings is 1. The molecule has 3 rings (SSSR count). The number of hydrogen-bond acceptors (Lipinski definition) is 7. The molecule has 0 spiro atoms. The zero-order valence-electron chi connectivity index (χ0n) is 19.2. The van der Waals surface area contributed by atoms with Gasteiger partial charge in [-0.15, -0.1) is 0 Å². The lowest BCUT2D eigenvalue weighted by Crippen LogP contribution is -2.54. The molecule has 1 aromatic rings. The number of anilines is 1. The Hall–Kier alpha value is -2.68. The third-order valence-corrected chi connectivity index (χ3v) is 5.60. The monoisotopic (exact) mass is 430 g/mol. The smallest absolute Gasteiger partial charge is 0.337 e. The highest BCUT2D eigenvalue weighted by atomic mass is 16.5. The number of nitrogens with zero attached hydrogens (tertiary/aromatic N) is 4. The Balaban J connectivity index is 1.71. The maximum Gasteiger partial charge on any atom is 0.337 e. The van der Waals surface area contributed by atoms with Gasteiger partial charge in [-0.3, -0.25) is 4.90 Å². The van der Waals surface area contributed by atoms with Crippen molar-refractivity contribution in [3.05, 3.63) is 28.9 Å². The minimum absolute atomic E-state index is 0.272. The fourth-order valence-electron chi connectivity index (χ4n) is 3.94. The molecule has 9 heteroatoms. The van der Waals surface area contributed by atoms with E-state index in [-0.39, 0.29) is 24.0 Å². The summed E-state index contributed by atoms with van der Waals surface area (Å²) in [6.07, 6.45) is 0.629. The van der Waals surface area contributed by atoms with E-state index >= 15 is 0 Å². The molecule has 9 nitrogen and oxygen atoms in total. The van der Waals surface area contributed by atoms with E-state index in [0.717, 1.165) is 43.5 Å². The van der Waals surface area contributed by atoms with Crippen molar-refractivity contribution >= 4 is 17.8 Å². The topological polar surface area (TPSA) is 99.7 Å². The number of aromatic nitrogens is 2. The second-order valence-electron chi connectivity index (χ2n) is 8.32. The van der Waals surface area contributed by atoms with Gasteiger partial charge in [0, 0.05) is 56.1 Å². The van der Waals surface area contributed by atoms with Crippen molar-refractivity contribution in [1.29, 1.82) is 0 Å². The summed E-state index contributed by atoms with van der Waals surface area (Å²) >= 11 is 0. The van der Waals surface area contributed by atoms with Crippen LogP contribution in [0.5, 0.6) is 0 Å². The first-order valence-electron chi connectivity index (χ1n) is 11.1. The number of amides is 2. The van der Waals surface area contributed by atoms with Crippen molar-refractivity contribution in [2.45, 2.75) is 53.0 Å². The van der Waals surface area contributed by atoms with Crippen molar-refractivity contribution < 1.29 is 14.3 Å². The first-order chi connectivity index (χ1) is 14.8. The molecule has 0 aliphatic carbocycles. The second kappa shape index (κ2) is 10.1. The largest absolute Gasteiger partial charge is 0.463 e. The molecule has 1 saturated heterocycles. The number of rotatable bonds is 7. The van der Waals surface area contributed by atoms with Crippen LogP contribution in [-0.4, -0.2) is 72.2 Å². The summed E-state index contributed by atoms with van der Waals surface area (Å²) in [6.45, 7) is 14.0. The summed E-state index contributed by atoms with van der Waals surface area (Å²) in [5.74, 6) is 1.74. The van der Waals surface area contributed by atoms with Gasteiger partial charge < -0.3 is 20.3 Å². The fraction of sp³-hybridized carbons (Fsp3) is 0.636. The van der Waals surface area contributed by atoms with Crippen LogP contribution >= 0.6 is 0 Å². The maximum absolute atomic E-state index is 12.6. The number of hydrogen-bond donors (Lipinski definition) is 2. The Morgan fingerprint density at radius 3 is 2.55 bits per heavy atom. The van der Waals surface area contributed by atoms with Gasteiger partial charge in [0.05, 0.1) is 18.2 Å². The van der Waals surface area contributed by atoms with Gasteiger partial charge in [-0.05, 0) is 20.3 Å².